The van der Waals surface area contributed by atoms with E-state index in [9.17, 15) is 5.11 Å². The number of ether oxygens (including phenoxy) is 2. The molecule has 0 aliphatic carbocycles. The molecule has 49 heavy (non-hydrogen) atoms. The third-order valence-corrected chi connectivity index (χ3v) is 20.5. The lowest BCUT2D eigenvalue weighted by Crippen LogP contribution is -2.44. The van der Waals surface area contributed by atoms with Gasteiger partial charge in [-0.1, -0.05) is 125 Å². The summed E-state index contributed by atoms with van der Waals surface area (Å²) in [5.74, 6) is 1.17. The third-order valence-electron chi connectivity index (χ3n) is 11.4. The molecule has 0 aliphatic rings. The minimum absolute atomic E-state index is 0.203. The monoisotopic (exact) mass is 729 g/mol. The molecule has 294 valence electrons. The second-order valence-electron chi connectivity index (χ2n) is 18.5. The number of hydrogen-bond acceptors (Lipinski definition) is 5. The summed E-state index contributed by atoms with van der Waals surface area (Å²) >= 11 is 0. The van der Waals surface area contributed by atoms with E-state index in [4.69, 9.17) is 18.3 Å². The molecule has 0 aliphatic heterocycles. The first kappa shape index (κ1) is 49.0. The summed E-state index contributed by atoms with van der Waals surface area (Å²) < 4.78 is 24.8. The Labute approximate surface area is 309 Å². The smallest absolute Gasteiger partial charge is 0.192 e. The van der Waals surface area contributed by atoms with Crippen LogP contribution < -0.4 is 0 Å². The van der Waals surface area contributed by atoms with Crippen molar-refractivity contribution in [3.63, 3.8) is 0 Å². The molecule has 0 radical (unpaired) electrons. The topological polar surface area (TPSA) is 57.2 Å². The van der Waals surface area contributed by atoms with E-state index in [2.05, 4.69) is 93.7 Å². The number of unbranched alkanes of at least 4 members (excludes halogenated alkanes) is 9. The lowest BCUT2D eigenvalue weighted by Gasteiger charge is -2.39. The Morgan fingerprint density at radius 3 is 1.73 bits per heavy atom. The van der Waals surface area contributed by atoms with Gasteiger partial charge < -0.3 is 23.4 Å². The number of aliphatic hydroxyl groups excluding tert-OH is 1. The maximum atomic E-state index is 9.26. The van der Waals surface area contributed by atoms with Gasteiger partial charge in [0.15, 0.2) is 16.6 Å². The van der Waals surface area contributed by atoms with Crippen LogP contribution >= 0.6 is 0 Å². The van der Waals surface area contributed by atoms with Gasteiger partial charge in [-0.25, -0.2) is 0 Å². The molecular weight excluding hydrogens is 641 g/mol. The highest BCUT2D eigenvalue weighted by Crippen LogP contribution is 2.39. The predicted octanol–water partition coefficient (Wildman–Crippen LogP) is 13.2. The maximum Gasteiger partial charge on any atom is 0.192 e. The Balaban J connectivity index is 4.60. The molecule has 0 unspecified atom stereocenters. The van der Waals surface area contributed by atoms with Crippen molar-refractivity contribution >= 4 is 16.6 Å². The van der Waals surface area contributed by atoms with Gasteiger partial charge in [-0.2, -0.15) is 0 Å². The SMILES string of the molecule is COCO[C@@H](C/C=C/CCCCCCC[C@@H](C)C[C@H](C)CO)CCC[C@@H](CCCCCCCO[Si](C)(C)C(C)(C)C)O[Si](C)(C)C(C)(C)C. The molecule has 1 N–H and O–H groups in total. The Morgan fingerprint density at radius 1 is 0.612 bits per heavy atom. The summed E-state index contributed by atoms with van der Waals surface area (Å²) in [6.07, 6.45) is 27.1. The van der Waals surface area contributed by atoms with Crippen molar-refractivity contribution in [2.24, 2.45) is 11.8 Å². The minimum atomic E-state index is -1.83. The predicted molar refractivity (Wildman–Crippen MR) is 220 cm³/mol. The zero-order chi connectivity index (χ0) is 37.4. The van der Waals surface area contributed by atoms with Crippen LogP contribution in [0.3, 0.4) is 0 Å². The van der Waals surface area contributed by atoms with Gasteiger partial charge in [-0.15, -0.1) is 0 Å². The van der Waals surface area contributed by atoms with Gasteiger partial charge in [-0.05, 0) is 106 Å². The summed E-state index contributed by atoms with van der Waals surface area (Å²) in [6.45, 7) is 29.6. The molecule has 0 heterocycles. The third kappa shape index (κ3) is 24.8. The molecule has 0 aromatic heterocycles. The van der Waals surface area contributed by atoms with Crippen molar-refractivity contribution in [3.8, 4) is 0 Å². The van der Waals surface area contributed by atoms with Crippen molar-refractivity contribution < 1.29 is 23.4 Å². The molecule has 5 nitrogen and oxygen atoms in total. The summed E-state index contributed by atoms with van der Waals surface area (Å²) in [4.78, 5) is 0. The standard InChI is InChI=1S/C42H88O5Si2/c1-37(34-38(2)35-43)28-23-19-16-14-15-17-20-24-29-39(45-36-44-9)31-27-32-40(47-49(12,13)42(6,7)8)30-25-21-18-22-26-33-46-48(10,11)41(3,4)5/h20,24,37-40,43H,14-19,21-23,25-36H2,1-13H3/b24-20+/t37-,38+,39+,40-/m1/s1. The average molecular weight is 729 g/mol. The van der Waals surface area contributed by atoms with Gasteiger partial charge >= 0.3 is 0 Å². The van der Waals surface area contributed by atoms with Crippen LogP contribution in [0.1, 0.15) is 171 Å². The Kier molecular flexibility index (Phi) is 26.7. The lowest BCUT2D eigenvalue weighted by molar-refractivity contribution is -0.0738. The van der Waals surface area contributed by atoms with Crippen molar-refractivity contribution in [3.05, 3.63) is 12.2 Å². The number of aliphatic hydroxyl groups is 1. The van der Waals surface area contributed by atoms with Crippen LogP contribution in [0.5, 0.6) is 0 Å². The fourth-order valence-electron chi connectivity index (χ4n) is 5.94. The van der Waals surface area contributed by atoms with E-state index in [1.165, 1.54) is 77.0 Å². The van der Waals surface area contributed by atoms with Crippen LogP contribution in [0.4, 0.5) is 0 Å². The molecule has 0 saturated heterocycles. The van der Waals surface area contributed by atoms with Crippen LogP contribution in [0.25, 0.3) is 0 Å². The first-order valence-corrected chi connectivity index (χ1v) is 26.4. The van der Waals surface area contributed by atoms with E-state index in [0.29, 0.717) is 30.5 Å². The molecule has 0 spiro atoms. The quantitative estimate of drug-likeness (QED) is 0.0333. The maximum absolute atomic E-state index is 9.26. The first-order valence-electron chi connectivity index (χ1n) is 20.5. The summed E-state index contributed by atoms with van der Waals surface area (Å²) in [5, 5.41) is 9.77. The van der Waals surface area contributed by atoms with Crippen LogP contribution in [0.2, 0.25) is 36.3 Å². The van der Waals surface area contributed by atoms with Crippen LogP contribution in [-0.4, -0.2) is 61.1 Å². The van der Waals surface area contributed by atoms with Crippen LogP contribution in [-0.2, 0) is 18.3 Å². The van der Waals surface area contributed by atoms with E-state index in [1.807, 2.05) is 0 Å². The van der Waals surface area contributed by atoms with E-state index < -0.39 is 16.6 Å². The average Bonchev–Trinajstić information content (AvgIpc) is 2.99. The molecule has 7 heteroatoms. The Morgan fingerprint density at radius 2 is 1.14 bits per heavy atom. The highest BCUT2D eigenvalue weighted by Gasteiger charge is 2.39. The number of rotatable bonds is 31. The molecule has 0 fully saturated rings. The largest absolute Gasteiger partial charge is 0.417 e. The van der Waals surface area contributed by atoms with E-state index in [-0.39, 0.29) is 11.1 Å². The molecular formula is C42H88O5Si2. The fraction of sp³-hybridized carbons (Fsp3) is 0.952. The minimum Gasteiger partial charge on any atom is -0.417 e. The van der Waals surface area contributed by atoms with Crippen molar-refractivity contribution in [2.45, 2.75) is 219 Å². The fourth-order valence-corrected chi connectivity index (χ4v) is 8.45. The van der Waals surface area contributed by atoms with Gasteiger partial charge in [0.25, 0.3) is 0 Å². The van der Waals surface area contributed by atoms with Gasteiger partial charge in [0.05, 0.1) is 6.10 Å². The summed E-state index contributed by atoms with van der Waals surface area (Å²) in [6, 6.07) is 0. The van der Waals surface area contributed by atoms with Crippen molar-refractivity contribution in [2.75, 3.05) is 27.1 Å². The number of allylic oxidation sites excluding steroid dienone is 1. The number of methoxy groups -OCH3 is 1. The first-order chi connectivity index (χ1) is 22.9. The molecule has 4 atom stereocenters. The Hall–Kier alpha value is -0.0262. The second kappa shape index (κ2) is 26.7. The van der Waals surface area contributed by atoms with Crippen LogP contribution in [0, 0.1) is 11.8 Å². The van der Waals surface area contributed by atoms with Gasteiger partial charge in [0.1, 0.15) is 6.79 Å². The second-order valence-corrected chi connectivity index (χ2v) is 28.0. The van der Waals surface area contributed by atoms with Gasteiger partial charge in [-0.3, -0.25) is 0 Å². The van der Waals surface area contributed by atoms with Gasteiger partial charge in [0, 0.05) is 26.4 Å². The highest BCUT2D eigenvalue weighted by atomic mass is 28.4. The van der Waals surface area contributed by atoms with Crippen LogP contribution in [0.15, 0.2) is 12.2 Å². The lowest BCUT2D eigenvalue weighted by atomic mass is 9.93. The summed E-state index contributed by atoms with van der Waals surface area (Å²) in [5.41, 5.74) is 0. The Bertz CT molecular complexity index is 802. The zero-order valence-corrected chi connectivity index (χ0v) is 37.4. The molecule has 0 bridgehead atoms. The van der Waals surface area contributed by atoms with E-state index in [1.54, 1.807) is 7.11 Å². The summed E-state index contributed by atoms with van der Waals surface area (Å²) in [7, 11) is -1.74. The highest BCUT2D eigenvalue weighted by molar-refractivity contribution is 6.74. The molecule has 0 aromatic rings. The van der Waals surface area contributed by atoms with E-state index >= 15 is 0 Å². The molecule has 0 rings (SSSR count). The molecule has 0 aromatic carbocycles. The zero-order valence-electron chi connectivity index (χ0n) is 35.4. The van der Waals surface area contributed by atoms with Crippen molar-refractivity contribution in [1.82, 2.24) is 0 Å². The normalized spacial score (nSPS) is 16.0. The van der Waals surface area contributed by atoms with Crippen molar-refractivity contribution in [1.29, 1.82) is 0 Å². The van der Waals surface area contributed by atoms with E-state index in [0.717, 1.165) is 51.0 Å². The molecule has 0 saturated carbocycles. The molecule has 0 amide bonds. The number of hydrogen-bond donors (Lipinski definition) is 1. The van der Waals surface area contributed by atoms with Gasteiger partial charge in [0.2, 0.25) is 0 Å².